The normalized spacial score (nSPS) is 13.9. The molecule has 0 bridgehead atoms. The number of hydrogen-bond donors (Lipinski definition) is 0. The minimum Gasteiger partial charge on any atom is -0.688 e. The van der Waals surface area contributed by atoms with E-state index in [0.717, 1.165) is 11.4 Å². The summed E-state index contributed by atoms with van der Waals surface area (Å²) < 4.78 is 27.9. The SMILES string of the molecule is COCCOC.COCCOC.COCCOC.C[C]1[CH][CH][CH][CH]1.C[C]1[CH][CH][CH][CH]1.C[Si](C)(C)[N-]c1ccccc1[N-][Si](C)(C)C.[Li+].[Yb+3]. The molecule has 8 nitrogen and oxygen atoms in total. The van der Waals surface area contributed by atoms with Gasteiger partial charge in [-0.3, -0.25) is 0 Å². The summed E-state index contributed by atoms with van der Waals surface area (Å²) in [5, 5.41) is 0. The first-order chi connectivity index (χ1) is 21.7. The van der Waals surface area contributed by atoms with Gasteiger partial charge in [-0.15, -0.1) is 0 Å². The van der Waals surface area contributed by atoms with Crippen molar-refractivity contribution in [3.8, 4) is 0 Å². The van der Waals surface area contributed by atoms with Crippen molar-refractivity contribution < 1.29 is 94.2 Å². The van der Waals surface area contributed by atoms with Crippen molar-refractivity contribution in [1.82, 2.24) is 0 Å². The molecule has 277 valence electrons. The molecule has 1 aromatic carbocycles. The van der Waals surface area contributed by atoms with Crippen LogP contribution in [0.15, 0.2) is 24.3 Å². The van der Waals surface area contributed by atoms with Gasteiger partial charge in [0.25, 0.3) is 0 Å². The molecule has 1 aromatic rings. The third-order valence-corrected chi connectivity index (χ3v) is 6.75. The Hall–Kier alpha value is 1.13. The monoisotopic (exact) mass is 859 g/mol. The van der Waals surface area contributed by atoms with E-state index in [2.05, 4.69) is 119 Å². The molecule has 0 spiro atoms. The molecule has 0 amide bonds. The molecule has 0 unspecified atom stereocenters. The Morgan fingerprint density at radius 1 is 0.458 bits per heavy atom. The summed E-state index contributed by atoms with van der Waals surface area (Å²) in [5.41, 5.74) is 2.15. The molecule has 48 heavy (non-hydrogen) atoms. The van der Waals surface area contributed by atoms with Crippen LogP contribution in [0.1, 0.15) is 13.8 Å². The number of methoxy groups -OCH3 is 6. The van der Waals surface area contributed by atoms with Crippen LogP contribution in [0.3, 0.4) is 0 Å². The summed E-state index contributed by atoms with van der Waals surface area (Å²) in [7, 11) is 7.06. The third-order valence-electron chi connectivity index (χ3n) is 4.93. The Balaban J connectivity index is -0.000000164. The van der Waals surface area contributed by atoms with Gasteiger partial charge in [0.1, 0.15) is 0 Å². The van der Waals surface area contributed by atoms with Crippen LogP contribution < -0.4 is 18.9 Å². The first-order valence-corrected chi connectivity index (χ1v) is 22.5. The number of hydrogen-bond acceptors (Lipinski definition) is 6. The van der Waals surface area contributed by atoms with Crippen LogP contribution in [0.4, 0.5) is 11.4 Å². The standard InChI is InChI=1S/C12H22N2Si2.2C6H7.3C4H10O2.Li.Yb/c1-15(2,3)13-11-9-7-8-10-12(11)14-16(4,5)6;2*1-6-4-2-3-5-6;3*1-5-3-4-6-2;;/h7-10H,1-6H3;2*2-5H,1H3;3*3-4H2,1-2H3;;/q-2;;;;;;+1;+3. The molecule has 0 aliphatic heterocycles. The average molecular weight is 859 g/mol. The zero-order valence-electron chi connectivity index (χ0n) is 32.8. The summed E-state index contributed by atoms with van der Waals surface area (Å²) in [6.07, 6.45) is 16.5. The maximum absolute atomic E-state index is 4.84. The van der Waals surface area contributed by atoms with Crippen LogP contribution in [-0.4, -0.2) is 98.8 Å². The van der Waals surface area contributed by atoms with Crippen molar-refractivity contribution in [2.24, 2.45) is 0 Å². The molecule has 0 N–H and O–H groups in total. The van der Waals surface area contributed by atoms with Crippen LogP contribution in [0.25, 0.3) is 9.96 Å². The van der Waals surface area contributed by atoms with Gasteiger partial charge in [0.15, 0.2) is 0 Å². The molecule has 11 radical (unpaired) electrons. The van der Waals surface area contributed by atoms with Crippen molar-refractivity contribution in [2.75, 3.05) is 82.3 Å². The molecule has 2 saturated carbocycles. The fourth-order valence-electron chi connectivity index (χ4n) is 2.82. The van der Waals surface area contributed by atoms with Crippen LogP contribution in [0.5, 0.6) is 0 Å². The molecule has 12 heteroatoms. The number of ether oxygens (including phenoxy) is 6. The first-order valence-electron chi connectivity index (χ1n) is 15.6. The van der Waals surface area contributed by atoms with Crippen LogP contribution >= 0.6 is 0 Å². The molecular formula is C36H66LiN2O6Si2Yb+2. The number of benzene rings is 1. The Labute approximate surface area is 351 Å². The van der Waals surface area contributed by atoms with Crippen LogP contribution in [0.2, 0.25) is 39.3 Å². The summed E-state index contributed by atoms with van der Waals surface area (Å²) >= 11 is 0. The van der Waals surface area contributed by atoms with Crippen LogP contribution in [-0.2, 0) is 28.4 Å². The van der Waals surface area contributed by atoms with Crippen LogP contribution in [0, 0.1) is 110 Å². The largest absolute Gasteiger partial charge is 3.00 e. The molecule has 2 aliphatic rings. The Morgan fingerprint density at radius 3 is 0.792 bits per heavy atom. The second kappa shape index (κ2) is 40.9. The quantitative estimate of drug-likeness (QED) is 0.178. The maximum atomic E-state index is 4.84. The van der Waals surface area contributed by atoms with E-state index in [1.54, 1.807) is 42.7 Å². The van der Waals surface area contributed by atoms with E-state index in [-0.39, 0.29) is 65.8 Å². The second-order valence-corrected chi connectivity index (χ2v) is 21.1. The van der Waals surface area contributed by atoms with Gasteiger partial charge < -0.3 is 38.4 Å². The van der Waals surface area contributed by atoms with E-state index < -0.39 is 16.5 Å². The fraction of sp³-hybridized carbons (Fsp3) is 0.556. The summed E-state index contributed by atoms with van der Waals surface area (Å²) in [6, 6.07) is 8.25. The van der Waals surface area contributed by atoms with E-state index >= 15 is 0 Å². The van der Waals surface area contributed by atoms with E-state index in [1.165, 1.54) is 11.8 Å². The molecule has 0 saturated heterocycles. The summed E-state index contributed by atoms with van der Waals surface area (Å²) in [5.74, 6) is 2.69. The van der Waals surface area contributed by atoms with Crippen molar-refractivity contribution in [3.05, 3.63) is 97.4 Å². The Morgan fingerprint density at radius 2 is 0.667 bits per heavy atom. The van der Waals surface area contributed by atoms with Crippen molar-refractivity contribution in [1.29, 1.82) is 0 Å². The summed E-state index contributed by atoms with van der Waals surface area (Å²) in [4.78, 5) is 9.69. The first kappa shape index (κ1) is 58.4. The molecule has 3 rings (SSSR count). The van der Waals surface area contributed by atoms with Gasteiger partial charge in [-0.25, -0.2) is 0 Å². The predicted molar refractivity (Wildman–Crippen MR) is 203 cm³/mol. The fourth-order valence-corrected chi connectivity index (χ4v) is 4.64. The van der Waals surface area contributed by atoms with Crippen molar-refractivity contribution in [2.45, 2.75) is 53.1 Å². The second-order valence-electron chi connectivity index (χ2n) is 11.9. The van der Waals surface area contributed by atoms with Crippen molar-refractivity contribution >= 4 is 27.8 Å². The van der Waals surface area contributed by atoms with E-state index in [4.69, 9.17) is 9.96 Å². The molecule has 2 fully saturated rings. The van der Waals surface area contributed by atoms with Crippen molar-refractivity contribution in [3.63, 3.8) is 0 Å². The number of rotatable bonds is 13. The van der Waals surface area contributed by atoms with E-state index in [9.17, 15) is 0 Å². The predicted octanol–water partition coefficient (Wildman–Crippen LogP) is 6.03. The molecule has 0 heterocycles. The molecule has 2 aliphatic carbocycles. The van der Waals surface area contributed by atoms with E-state index in [1.807, 2.05) is 37.8 Å². The number of nitrogens with zero attached hydrogens (tertiary/aromatic N) is 2. The average Bonchev–Trinajstić information content (AvgIpc) is 3.68. The summed E-state index contributed by atoms with van der Waals surface area (Å²) in [6.45, 7) is 21.8. The van der Waals surface area contributed by atoms with Gasteiger partial charge in [0.2, 0.25) is 0 Å². The smallest absolute Gasteiger partial charge is 0.688 e. The van der Waals surface area contributed by atoms with Gasteiger partial charge in [-0.05, 0) is 79.7 Å². The molecule has 0 aromatic heterocycles. The minimum atomic E-state index is -1.42. The van der Waals surface area contributed by atoms with Gasteiger partial charge >= 0.3 is 65.8 Å². The zero-order chi connectivity index (χ0) is 35.7. The molecule has 0 atom stereocenters. The minimum absolute atomic E-state index is 0. The van der Waals surface area contributed by atoms with Gasteiger partial charge in [-0.1, -0.05) is 77.4 Å². The topological polar surface area (TPSA) is 83.6 Å². The maximum Gasteiger partial charge on any atom is 3.00 e. The van der Waals surface area contributed by atoms with Gasteiger partial charge in [0.05, 0.1) is 39.6 Å². The Bertz CT molecular complexity index is 670. The Kier molecular flexibility index (Phi) is 49.8. The van der Waals surface area contributed by atoms with E-state index in [0.29, 0.717) is 39.6 Å². The third kappa shape index (κ3) is 49.2. The molecular weight excluding hydrogens is 793 g/mol. The van der Waals surface area contributed by atoms with Gasteiger partial charge in [0, 0.05) is 42.7 Å². The van der Waals surface area contributed by atoms with Gasteiger partial charge in [-0.2, -0.15) is 11.4 Å². The zero-order valence-corrected chi connectivity index (χ0v) is 36.5.